The summed E-state index contributed by atoms with van der Waals surface area (Å²) < 4.78 is 5.34. The number of ether oxygens (including phenoxy) is 1. The van der Waals surface area contributed by atoms with Crippen molar-refractivity contribution in [3.05, 3.63) is 77.2 Å². The lowest BCUT2D eigenvalue weighted by molar-refractivity contribution is 0.102. The van der Waals surface area contributed by atoms with Crippen LogP contribution in [-0.4, -0.2) is 29.5 Å². The van der Waals surface area contributed by atoms with E-state index in [4.69, 9.17) is 16.3 Å². The number of rotatable bonds is 7. The predicted molar refractivity (Wildman–Crippen MR) is 107 cm³/mol. The second-order valence-electron chi connectivity index (χ2n) is 5.71. The second-order valence-corrected chi connectivity index (χ2v) is 6.12. The Hall–Kier alpha value is -3.12. The number of methoxy groups -OCH3 is 1. The summed E-state index contributed by atoms with van der Waals surface area (Å²) in [5, 5.41) is 6.37. The highest BCUT2D eigenvalue weighted by Gasteiger charge is 2.10. The molecule has 0 atom stereocenters. The van der Waals surface area contributed by atoms with Crippen LogP contribution in [0.5, 0.6) is 5.75 Å². The lowest BCUT2D eigenvalue weighted by Gasteiger charge is -2.10. The number of amides is 1. The van der Waals surface area contributed by atoms with Crippen LogP contribution in [-0.2, 0) is 6.42 Å². The summed E-state index contributed by atoms with van der Waals surface area (Å²) in [6, 6.07) is 14.9. The van der Waals surface area contributed by atoms with Gasteiger partial charge in [-0.15, -0.1) is 0 Å². The minimum absolute atomic E-state index is 0.213. The highest BCUT2D eigenvalue weighted by atomic mass is 35.5. The molecule has 0 radical (unpaired) electrons. The van der Waals surface area contributed by atoms with Crippen LogP contribution in [0.4, 0.5) is 11.5 Å². The number of hydrogen-bond acceptors (Lipinski definition) is 5. The van der Waals surface area contributed by atoms with Gasteiger partial charge in [-0.25, -0.2) is 9.97 Å². The minimum Gasteiger partial charge on any atom is -0.496 e. The van der Waals surface area contributed by atoms with Gasteiger partial charge < -0.3 is 15.4 Å². The smallest absolute Gasteiger partial charge is 0.275 e. The van der Waals surface area contributed by atoms with E-state index in [1.807, 2.05) is 24.3 Å². The van der Waals surface area contributed by atoms with Gasteiger partial charge in [-0.3, -0.25) is 4.79 Å². The third-order valence-corrected chi connectivity index (χ3v) is 4.23. The molecule has 27 heavy (non-hydrogen) atoms. The summed E-state index contributed by atoms with van der Waals surface area (Å²) in [6.07, 6.45) is 3.74. The molecule has 0 bridgehead atoms. The van der Waals surface area contributed by atoms with E-state index < -0.39 is 0 Å². The lowest BCUT2D eigenvalue weighted by Crippen LogP contribution is -2.15. The minimum atomic E-state index is -0.365. The number of nitrogens with zero attached hydrogens (tertiary/aromatic N) is 2. The highest BCUT2D eigenvalue weighted by molar-refractivity contribution is 6.33. The van der Waals surface area contributed by atoms with Crippen LogP contribution in [0.2, 0.25) is 5.02 Å². The molecule has 2 aromatic carbocycles. The lowest BCUT2D eigenvalue weighted by atomic mass is 10.1. The summed E-state index contributed by atoms with van der Waals surface area (Å²) in [4.78, 5) is 20.6. The Balaban J connectivity index is 1.55. The fourth-order valence-corrected chi connectivity index (χ4v) is 2.70. The number of benzene rings is 2. The summed E-state index contributed by atoms with van der Waals surface area (Å²) in [5.74, 6) is 1.09. The van der Waals surface area contributed by atoms with Crippen molar-refractivity contribution in [2.24, 2.45) is 0 Å². The molecule has 1 aromatic heterocycles. The van der Waals surface area contributed by atoms with Gasteiger partial charge in [0.05, 0.1) is 30.2 Å². The van der Waals surface area contributed by atoms with Crippen molar-refractivity contribution in [2.75, 3.05) is 24.3 Å². The van der Waals surface area contributed by atoms with E-state index >= 15 is 0 Å². The molecule has 7 heteroatoms. The highest BCUT2D eigenvalue weighted by Crippen LogP contribution is 2.21. The molecule has 1 heterocycles. The fraction of sp³-hybridized carbons (Fsp3) is 0.150. The molecule has 0 aliphatic carbocycles. The zero-order valence-corrected chi connectivity index (χ0v) is 15.5. The van der Waals surface area contributed by atoms with Crippen molar-refractivity contribution in [1.82, 2.24) is 9.97 Å². The van der Waals surface area contributed by atoms with Crippen LogP contribution in [0.1, 0.15) is 16.1 Å². The standard InChI is InChI=1S/C20H19ClN4O2/c1-27-18-9-5-2-6-14(18)10-11-22-19-13-23-17(12-24-19)20(26)25-16-8-4-3-7-15(16)21/h2-9,12-13H,10-11H2,1H3,(H,22,24)(H,25,26). The first kappa shape index (κ1) is 18.7. The van der Waals surface area contributed by atoms with E-state index in [1.54, 1.807) is 31.4 Å². The number of hydrogen-bond donors (Lipinski definition) is 2. The van der Waals surface area contributed by atoms with E-state index in [-0.39, 0.29) is 11.6 Å². The molecule has 0 spiro atoms. The maximum atomic E-state index is 12.2. The molecular formula is C20H19ClN4O2. The first-order chi connectivity index (χ1) is 13.2. The average molecular weight is 383 g/mol. The Morgan fingerprint density at radius 2 is 1.85 bits per heavy atom. The SMILES string of the molecule is COc1ccccc1CCNc1cnc(C(=O)Nc2ccccc2Cl)cn1. The average Bonchev–Trinajstić information content (AvgIpc) is 2.70. The van der Waals surface area contributed by atoms with E-state index in [0.717, 1.165) is 17.7 Å². The molecule has 138 valence electrons. The Kier molecular flexibility index (Phi) is 6.22. The normalized spacial score (nSPS) is 10.3. The van der Waals surface area contributed by atoms with Crippen molar-refractivity contribution < 1.29 is 9.53 Å². The molecule has 3 rings (SSSR count). The zero-order valence-electron chi connectivity index (χ0n) is 14.8. The molecule has 0 aliphatic heterocycles. The molecule has 0 unspecified atom stereocenters. The number of halogens is 1. The van der Waals surface area contributed by atoms with Gasteiger partial charge >= 0.3 is 0 Å². The van der Waals surface area contributed by atoms with Crippen molar-refractivity contribution in [1.29, 1.82) is 0 Å². The Morgan fingerprint density at radius 3 is 2.59 bits per heavy atom. The van der Waals surface area contributed by atoms with Gasteiger partial charge in [-0.1, -0.05) is 41.9 Å². The number of aromatic nitrogens is 2. The van der Waals surface area contributed by atoms with Gasteiger partial charge in [0.15, 0.2) is 0 Å². The molecule has 2 N–H and O–H groups in total. The summed E-state index contributed by atoms with van der Waals surface area (Å²) in [5.41, 5.74) is 1.85. The topological polar surface area (TPSA) is 76.1 Å². The van der Waals surface area contributed by atoms with Crippen LogP contribution >= 0.6 is 11.6 Å². The molecule has 6 nitrogen and oxygen atoms in total. The van der Waals surface area contributed by atoms with E-state index in [2.05, 4.69) is 20.6 Å². The Morgan fingerprint density at radius 1 is 1.07 bits per heavy atom. The number of carbonyl (C=O) groups is 1. The number of carbonyl (C=O) groups excluding carboxylic acids is 1. The quantitative estimate of drug-likeness (QED) is 0.644. The molecule has 0 saturated heterocycles. The van der Waals surface area contributed by atoms with Crippen molar-refractivity contribution in [3.63, 3.8) is 0 Å². The summed E-state index contributed by atoms with van der Waals surface area (Å²) in [6.45, 7) is 0.667. The van der Waals surface area contributed by atoms with Crippen molar-refractivity contribution in [3.8, 4) is 5.75 Å². The largest absolute Gasteiger partial charge is 0.496 e. The van der Waals surface area contributed by atoms with Gasteiger partial charge in [0.25, 0.3) is 5.91 Å². The van der Waals surface area contributed by atoms with Crippen LogP contribution in [0.3, 0.4) is 0 Å². The number of para-hydroxylation sites is 2. The molecule has 0 aliphatic rings. The van der Waals surface area contributed by atoms with E-state index in [9.17, 15) is 4.79 Å². The second kappa shape index (κ2) is 9.00. The zero-order chi connectivity index (χ0) is 19.1. The third kappa shape index (κ3) is 4.95. The van der Waals surface area contributed by atoms with E-state index in [0.29, 0.717) is 23.1 Å². The summed E-state index contributed by atoms with van der Waals surface area (Å²) in [7, 11) is 1.66. The fourth-order valence-electron chi connectivity index (χ4n) is 2.52. The van der Waals surface area contributed by atoms with E-state index in [1.165, 1.54) is 12.4 Å². The monoisotopic (exact) mass is 382 g/mol. The first-order valence-corrected chi connectivity index (χ1v) is 8.79. The van der Waals surface area contributed by atoms with Gasteiger partial charge in [-0.2, -0.15) is 0 Å². The van der Waals surface area contributed by atoms with Crippen LogP contribution in [0.25, 0.3) is 0 Å². The van der Waals surface area contributed by atoms with Gasteiger partial charge in [0.1, 0.15) is 17.3 Å². The molecular weight excluding hydrogens is 364 g/mol. The van der Waals surface area contributed by atoms with Gasteiger partial charge in [0.2, 0.25) is 0 Å². The van der Waals surface area contributed by atoms with Crippen LogP contribution in [0, 0.1) is 0 Å². The predicted octanol–water partition coefficient (Wildman–Crippen LogP) is 4.05. The maximum absolute atomic E-state index is 12.2. The third-order valence-electron chi connectivity index (χ3n) is 3.90. The number of anilines is 2. The van der Waals surface area contributed by atoms with Crippen LogP contribution < -0.4 is 15.4 Å². The summed E-state index contributed by atoms with van der Waals surface area (Å²) >= 11 is 6.04. The molecule has 0 fully saturated rings. The van der Waals surface area contributed by atoms with Crippen molar-refractivity contribution in [2.45, 2.75) is 6.42 Å². The van der Waals surface area contributed by atoms with Gasteiger partial charge in [0, 0.05) is 6.54 Å². The molecule has 1 amide bonds. The van der Waals surface area contributed by atoms with Crippen molar-refractivity contribution >= 4 is 29.0 Å². The molecule has 0 saturated carbocycles. The Labute approximate surface area is 162 Å². The molecule has 3 aromatic rings. The van der Waals surface area contributed by atoms with Gasteiger partial charge in [-0.05, 0) is 30.2 Å². The first-order valence-electron chi connectivity index (χ1n) is 8.41. The Bertz CT molecular complexity index is 916. The van der Waals surface area contributed by atoms with Crippen LogP contribution in [0.15, 0.2) is 60.9 Å². The maximum Gasteiger partial charge on any atom is 0.275 e. The number of nitrogens with one attached hydrogen (secondary N) is 2.